The van der Waals surface area contributed by atoms with Crippen LogP contribution < -0.4 is 10.6 Å². The molecule has 0 aromatic carbocycles. The van der Waals surface area contributed by atoms with Crippen LogP contribution in [0.25, 0.3) is 0 Å². The highest BCUT2D eigenvalue weighted by atomic mass is 16.3. The Balaban J connectivity index is 2.80. The minimum Gasteiger partial charge on any atom is -0.387 e. The monoisotopic (exact) mass is 251 g/mol. The lowest BCUT2D eigenvalue weighted by atomic mass is 10.2. The van der Waals surface area contributed by atoms with E-state index in [1.54, 1.807) is 19.2 Å². The third kappa shape index (κ3) is 4.33. The highest BCUT2D eigenvalue weighted by Gasteiger charge is 2.10. The van der Waals surface area contributed by atoms with Gasteiger partial charge in [0.15, 0.2) is 0 Å². The van der Waals surface area contributed by atoms with E-state index in [-0.39, 0.29) is 12.5 Å². The standard InChI is InChI=1S/C13H21N3O2/c1-3-4-7-16(9-13(14)18)11-5-6-12(10(2)17)15-8-11/h5-6,8,10,17H,3-4,7,9H2,1-2H3,(H2,14,18)/t10-/m1/s1. The third-order valence-electron chi connectivity index (χ3n) is 2.69. The number of aliphatic hydroxyl groups is 1. The molecule has 1 aromatic heterocycles. The number of unbranched alkanes of at least 4 members (excludes halogenated alkanes) is 1. The number of aliphatic hydroxyl groups excluding tert-OH is 1. The van der Waals surface area contributed by atoms with Crippen LogP contribution in [0.1, 0.15) is 38.5 Å². The number of rotatable bonds is 7. The van der Waals surface area contributed by atoms with Crippen LogP contribution in [0.3, 0.4) is 0 Å². The van der Waals surface area contributed by atoms with Crippen LogP contribution in [0.2, 0.25) is 0 Å². The van der Waals surface area contributed by atoms with Gasteiger partial charge in [0.1, 0.15) is 0 Å². The van der Waals surface area contributed by atoms with Crippen molar-refractivity contribution in [2.45, 2.75) is 32.8 Å². The van der Waals surface area contributed by atoms with Crippen molar-refractivity contribution in [3.63, 3.8) is 0 Å². The van der Waals surface area contributed by atoms with Crippen molar-refractivity contribution in [3.8, 4) is 0 Å². The molecule has 0 aliphatic carbocycles. The Kier molecular flexibility index (Phi) is 5.58. The predicted molar refractivity (Wildman–Crippen MR) is 71.2 cm³/mol. The van der Waals surface area contributed by atoms with Gasteiger partial charge in [0.25, 0.3) is 0 Å². The maximum Gasteiger partial charge on any atom is 0.236 e. The van der Waals surface area contributed by atoms with Crippen LogP contribution in [0.15, 0.2) is 18.3 Å². The van der Waals surface area contributed by atoms with Gasteiger partial charge in [-0.15, -0.1) is 0 Å². The summed E-state index contributed by atoms with van der Waals surface area (Å²) in [6, 6.07) is 3.62. The summed E-state index contributed by atoms with van der Waals surface area (Å²) in [7, 11) is 0. The summed E-state index contributed by atoms with van der Waals surface area (Å²) in [5.41, 5.74) is 6.71. The molecular formula is C13H21N3O2. The van der Waals surface area contributed by atoms with E-state index in [1.165, 1.54) is 0 Å². The number of hydrogen-bond donors (Lipinski definition) is 2. The molecule has 0 saturated heterocycles. The highest BCUT2D eigenvalue weighted by molar-refractivity contribution is 5.79. The molecule has 1 atom stereocenters. The number of amides is 1. The molecule has 18 heavy (non-hydrogen) atoms. The molecule has 5 nitrogen and oxygen atoms in total. The number of pyridine rings is 1. The van der Waals surface area contributed by atoms with Crippen LogP contribution in [0.4, 0.5) is 5.69 Å². The number of primary amides is 1. The van der Waals surface area contributed by atoms with Crippen LogP contribution in [-0.2, 0) is 4.79 Å². The van der Waals surface area contributed by atoms with Crippen molar-refractivity contribution in [3.05, 3.63) is 24.0 Å². The van der Waals surface area contributed by atoms with Crippen molar-refractivity contribution >= 4 is 11.6 Å². The smallest absolute Gasteiger partial charge is 0.236 e. The van der Waals surface area contributed by atoms with Gasteiger partial charge in [-0.3, -0.25) is 9.78 Å². The summed E-state index contributed by atoms with van der Waals surface area (Å²) in [6.07, 6.45) is 3.12. The Morgan fingerprint density at radius 3 is 2.72 bits per heavy atom. The number of carbonyl (C=O) groups excluding carboxylic acids is 1. The summed E-state index contributed by atoms with van der Waals surface area (Å²) in [4.78, 5) is 17.1. The summed E-state index contributed by atoms with van der Waals surface area (Å²) in [5, 5.41) is 9.39. The number of carbonyl (C=O) groups is 1. The zero-order valence-corrected chi connectivity index (χ0v) is 11.0. The van der Waals surface area contributed by atoms with Gasteiger partial charge < -0.3 is 15.7 Å². The van der Waals surface area contributed by atoms with Gasteiger partial charge in [-0.25, -0.2) is 0 Å². The predicted octanol–water partition coefficient (Wildman–Crippen LogP) is 1.23. The fourth-order valence-corrected chi connectivity index (χ4v) is 1.67. The Bertz CT molecular complexity index is 376. The first-order valence-corrected chi connectivity index (χ1v) is 6.21. The zero-order valence-electron chi connectivity index (χ0n) is 11.0. The second-order valence-corrected chi connectivity index (χ2v) is 4.36. The molecule has 0 unspecified atom stereocenters. The molecule has 0 aliphatic heterocycles. The van der Waals surface area contributed by atoms with E-state index in [1.807, 2.05) is 11.0 Å². The molecular weight excluding hydrogens is 230 g/mol. The second-order valence-electron chi connectivity index (χ2n) is 4.36. The van der Waals surface area contributed by atoms with Gasteiger partial charge in [-0.1, -0.05) is 13.3 Å². The van der Waals surface area contributed by atoms with Crippen molar-refractivity contribution in [2.24, 2.45) is 5.73 Å². The lowest BCUT2D eigenvalue weighted by molar-refractivity contribution is -0.116. The van der Waals surface area contributed by atoms with Crippen LogP contribution >= 0.6 is 0 Å². The largest absolute Gasteiger partial charge is 0.387 e. The van der Waals surface area contributed by atoms with Gasteiger partial charge in [-0.2, -0.15) is 0 Å². The van der Waals surface area contributed by atoms with E-state index in [0.717, 1.165) is 25.1 Å². The SMILES string of the molecule is CCCCN(CC(N)=O)c1ccc([C@@H](C)O)nc1. The molecule has 100 valence electrons. The van der Waals surface area contributed by atoms with Gasteiger partial charge in [0, 0.05) is 6.54 Å². The average molecular weight is 251 g/mol. The minimum absolute atomic E-state index is 0.190. The van der Waals surface area contributed by atoms with Gasteiger partial charge in [0.05, 0.1) is 30.2 Å². The van der Waals surface area contributed by atoms with E-state index in [4.69, 9.17) is 5.73 Å². The van der Waals surface area contributed by atoms with Crippen LogP contribution in [0.5, 0.6) is 0 Å². The average Bonchev–Trinajstić information content (AvgIpc) is 2.34. The van der Waals surface area contributed by atoms with E-state index in [0.29, 0.717) is 5.69 Å². The minimum atomic E-state index is -0.584. The Morgan fingerprint density at radius 1 is 1.56 bits per heavy atom. The van der Waals surface area contributed by atoms with Crippen molar-refractivity contribution in [1.29, 1.82) is 0 Å². The summed E-state index contributed by atoms with van der Waals surface area (Å²) >= 11 is 0. The lowest BCUT2D eigenvalue weighted by Crippen LogP contribution is -2.34. The molecule has 5 heteroatoms. The highest BCUT2D eigenvalue weighted by Crippen LogP contribution is 2.16. The first-order valence-electron chi connectivity index (χ1n) is 6.21. The maximum atomic E-state index is 11.0. The van der Waals surface area contributed by atoms with E-state index >= 15 is 0 Å². The van der Waals surface area contributed by atoms with Crippen LogP contribution in [-0.4, -0.2) is 29.1 Å². The molecule has 1 aromatic rings. The first kappa shape index (κ1) is 14.4. The van der Waals surface area contributed by atoms with Crippen molar-refractivity contribution in [2.75, 3.05) is 18.0 Å². The number of nitrogens with two attached hydrogens (primary N) is 1. The Labute approximate surface area is 108 Å². The number of anilines is 1. The Morgan fingerprint density at radius 2 is 2.28 bits per heavy atom. The summed E-state index contributed by atoms with van der Waals surface area (Å²) < 4.78 is 0. The zero-order chi connectivity index (χ0) is 13.5. The van der Waals surface area contributed by atoms with Crippen LogP contribution in [0, 0.1) is 0 Å². The van der Waals surface area contributed by atoms with Gasteiger partial charge >= 0.3 is 0 Å². The fourth-order valence-electron chi connectivity index (χ4n) is 1.67. The molecule has 0 fully saturated rings. The number of aromatic nitrogens is 1. The first-order chi connectivity index (χ1) is 8.54. The summed E-state index contributed by atoms with van der Waals surface area (Å²) in [6.45, 7) is 4.72. The molecule has 0 radical (unpaired) electrons. The quantitative estimate of drug-likeness (QED) is 0.763. The lowest BCUT2D eigenvalue weighted by Gasteiger charge is -2.23. The second kappa shape index (κ2) is 6.96. The van der Waals surface area contributed by atoms with E-state index in [2.05, 4.69) is 11.9 Å². The maximum absolute atomic E-state index is 11.0. The molecule has 1 amide bonds. The van der Waals surface area contributed by atoms with E-state index in [9.17, 15) is 9.90 Å². The molecule has 1 rings (SSSR count). The van der Waals surface area contributed by atoms with Crippen molar-refractivity contribution < 1.29 is 9.90 Å². The Hall–Kier alpha value is -1.62. The normalized spacial score (nSPS) is 12.2. The van der Waals surface area contributed by atoms with Gasteiger partial charge in [-0.05, 0) is 25.5 Å². The van der Waals surface area contributed by atoms with Crippen molar-refractivity contribution in [1.82, 2.24) is 4.98 Å². The summed E-state index contributed by atoms with van der Waals surface area (Å²) in [5.74, 6) is -0.356. The molecule has 0 spiro atoms. The molecule has 0 aliphatic rings. The fraction of sp³-hybridized carbons (Fsp3) is 0.538. The number of hydrogen-bond acceptors (Lipinski definition) is 4. The third-order valence-corrected chi connectivity index (χ3v) is 2.69. The van der Waals surface area contributed by atoms with E-state index < -0.39 is 6.10 Å². The molecule has 3 N–H and O–H groups in total. The molecule has 0 saturated carbocycles. The molecule has 0 bridgehead atoms. The topological polar surface area (TPSA) is 79.5 Å². The number of nitrogens with zero attached hydrogens (tertiary/aromatic N) is 2. The van der Waals surface area contributed by atoms with Gasteiger partial charge in [0.2, 0.25) is 5.91 Å². The molecule has 1 heterocycles.